The van der Waals surface area contributed by atoms with Crippen LogP contribution < -0.4 is 15.0 Å². The van der Waals surface area contributed by atoms with Crippen LogP contribution in [0.2, 0.25) is 5.02 Å². The average molecular weight is 504 g/mol. The van der Waals surface area contributed by atoms with Crippen molar-refractivity contribution in [3.05, 3.63) is 88.6 Å². The van der Waals surface area contributed by atoms with Gasteiger partial charge >= 0.3 is 5.97 Å². The Morgan fingerprint density at radius 1 is 1.11 bits per heavy atom. The van der Waals surface area contributed by atoms with Crippen LogP contribution >= 0.6 is 11.6 Å². The lowest BCUT2D eigenvalue weighted by atomic mass is 10.1. The number of benzene rings is 3. The molecule has 0 saturated carbocycles. The molecule has 36 heavy (non-hydrogen) atoms. The highest BCUT2D eigenvalue weighted by Crippen LogP contribution is 2.32. The van der Waals surface area contributed by atoms with Gasteiger partial charge in [0.1, 0.15) is 11.9 Å². The third kappa shape index (κ3) is 4.38. The van der Waals surface area contributed by atoms with Gasteiger partial charge in [-0.25, -0.2) is 0 Å². The van der Waals surface area contributed by atoms with Gasteiger partial charge in [0.2, 0.25) is 0 Å². The van der Waals surface area contributed by atoms with Crippen LogP contribution in [0.4, 0.5) is 11.4 Å². The average Bonchev–Trinajstić information content (AvgIpc) is 3.13. The maximum Gasteiger partial charge on any atom is 0.307 e. The van der Waals surface area contributed by atoms with Gasteiger partial charge in [0.05, 0.1) is 41.3 Å². The maximum atomic E-state index is 13.6. The molecule has 0 amide bonds. The fourth-order valence-corrected chi connectivity index (χ4v) is 5.08. The Labute approximate surface area is 213 Å². The summed E-state index contributed by atoms with van der Waals surface area (Å²) >= 11 is 6.57. The van der Waals surface area contributed by atoms with Crippen molar-refractivity contribution >= 4 is 45.8 Å². The summed E-state index contributed by atoms with van der Waals surface area (Å²) in [5.41, 5.74) is 4.07. The van der Waals surface area contributed by atoms with Gasteiger partial charge in [0, 0.05) is 23.8 Å². The summed E-state index contributed by atoms with van der Waals surface area (Å²) in [4.78, 5) is 27.2. The molecule has 4 aromatic rings. The highest BCUT2D eigenvalue weighted by atomic mass is 35.5. The number of para-hydroxylation sites is 3. The molecule has 5 rings (SSSR count). The number of halogens is 1. The zero-order valence-electron chi connectivity index (χ0n) is 20.0. The van der Waals surface area contributed by atoms with E-state index in [-0.39, 0.29) is 18.4 Å². The number of carbonyl (C=O) groups is 2. The number of ether oxygens (including phenoxy) is 1. The lowest BCUT2D eigenvalue weighted by molar-refractivity contribution is -0.136. The third-order valence-corrected chi connectivity index (χ3v) is 6.87. The maximum absolute atomic E-state index is 13.6. The summed E-state index contributed by atoms with van der Waals surface area (Å²) in [6, 6.07) is 20.5. The van der Waals surface area contributed by atoms with E-state index in [1.807, 2.05) is 61.6 Å². The zero-order chi connectivity index (χ0) is 25.4. The van der Waals surface area contributed by atoms with E-state index < -0.39 is 5.97 Å². The van der Waals surface area contributed by atoms with Gasteiger partial charge in [-0.1, -0.05) is 41.9 Å². The number of anilines is 2. The molecular weight excluding hydrogens is 478 g/mol. The monoisotopic (exact) mass is 503 g/mol. The first-order chi connectivity index (χ1) is 17.3. The number of aromatic nitrogens is 1. The molecule has 1 aliphatic rings. The number of fused-ring (bicyclic) bond motifs is 2. The fourth-order valence-electron chi connectivity index (χ4n) is 4.82. The molecule has 1 atom stereocenters. The van der Waals surface area contributed by atoms with E-state index in [1.54, 1.807) is 23.6 Å². The molecule has 0 bridgehead atoms. The largest absolute Gasteiger partial charge is 0.485 e. The van der Waals surface area contributed by atoms with Crippen LogP contribution in [0, 0.1) is 6.92 Å². The summed E-state index contributed by atoms with van der Waals surface area (Å²) in [5, 5.41) is 13.8. The molecule has 2 heterocycles. The topological polar surface area (TPSA) is 83.8 Å². The van der Waals surface area contributed by atoms with Gasteiger partial charge in [-0.15, -0.1) is 0 Å². The van der Waals surface area contributed by atoms with Crippen LogP contribution in [-0.2, 0) is 11.2 Å². The van der Waals surface area contributed by atoms with E-state index in [9.17, 15) is 14.7 Å². The van der Waals surface area contributed by atoms with E-state index in [2.05, 4.69) is 10.2 Å². The Balaban J connectivity index is 1.36. The van der Waals surface area contributed by atoms with Crippen molar-refractivity contribution in [3.8, 4) is 5.75 Å². The molecule has 0 fully saturated rings. The van der Waals surface area contributed by atoms with Crippen molar-refractivity contribution in [2.45, 2.75) is 19.4 Å². The van der Waals surface area contributed by atoms with Gasteiger partial charge in [0.25, 0.3) is 5.91 Å². The molecule has 1 aromatic heterocycles. The minimum Gasteiger partial charge on any atom is -0.485 e. The molecule has 0 radical (unpaired) electrons. The number of aliphatic carboxylic acids is 1. The van der Waals surface area contributed by atoms with Crippen LogP contribution in [0.15, 0.2) is 66.7 Å². The summed E-state index contributed by atoms with van der Waals surface area (Å²) in [5.74, 6) is -0.391. The lowest BCUT2D eigenvalue weighted by Gasteiger charge is -2.34. The van der Waals surface area contributed by atoms with Gasteiger partial charge in [0.15, 0.2) is 0 Å². The predicted octanol–water partition coefficient (Wildman–Crippen LogP) is 5.23. The number of carboxylic acid groups (broad SMARTS) is 1. The van der Waals surface area contributed by atoms with Crippen LogP contribution in [0.1, 0.15) is 21.6 Å². The van der Waals surface area contributed by atoms with E-state index >= 15 is 0 Å². The standard InChI is InChI=1S/C28H26ClN3O4/c1-17-22(14-27(33)34)20-7-3-4-8-24(20)32(17)28(35)21-12-11-18(13-23(21)29)30-15-19-16-31(2)25-9-5-6-10-26(25)36-19/h3-13,19,30H,14-16H2,1-2H3,(H,33,34)/t19-/m1/s1. The normalized spacial score (nSPS) is 14.9. The van der Waals surface area contributed by atoms with Gasteiger partial charge in [-0.3, -0.25) is 14.2 Å². The van der Waals surface area contributed by atoms with Crippen LogP contribution in [-0.4, -0.2) is 47.8 Å². The molecule has 8 heteroatoms. The van der Waals surface area contributed by atoms with Gasteiger partial charge < -0.3 is 20.1 Å². The Bertz CT molecular complexity index is 1480. The Morgan fingerprint density at radius 3 is 2.64 bits per heavy atom. The second kappa shape index (κ2) is 9.59. The number of carbonyl (C=O) groups excluding carboxylic acids is 1. The zero-order valence-corrected chi connectivity index (χ0v) is 20.7. The summed E-state index contributed by atoms with van der Waals surface area (Å²) < 4.78 is 7.67. The lowest BCUT2D eigenvalue weighted by Crippen LogP contribution is -2.41. The first kappa shape index (κ1) is 23.8. The molecule has 3 aromatic carbocycles. The Kier molecular flexibility index (Phi) is 6.33. The van der Waals surface area contributed by atoms with Crippen molar-refractivity contribution in [1.82, 2.24) is 4.57 Å². The second-order valence-electron chi connectivity index (χ2n) is 8.96. The van der Waals surface area contributed by atoms with E-state index in [0.29, 0.717) is 33.9 Å². The van der Waals surface area contributed by atoms with Crippen molar-refractivity contribution in [1.29, 1.82) is 0 Å². The van der Waals surface area contributed by atoms with Crippen molar-refractivity contribution < 1.29 is 19.4 Å². The van der Waals surface area contributed by atoms with Crippen LogP contribution in [0.5, 0.6) is 5.75 Å². The highest BCUT2D eigenvalue weighted by Gasteiger charge is 2.24. The SMILES string of the molecule is Cc1c(CC(=O)O)c2ccccc2n1C(=O)c1ccc(NC[C@@H]2CN(C)c3ccccc3O2)cc1Cl. The number of nitrogens with one attached hydrogen (secondary N) is 1. The summed E-state index contributed by atoms with van der Waals surface area (Å²) in [6.45, 7) is 3.08. The minimum absolute atomic E-state index is 0.0495. The molecule has 184 valence electrons. The number of likely N-dealkylation sites (N-methyl/N-ethyl adjacent to an activating group) is 1. The van der Waals surface area contributed by atoms with Gasteiger partial charge in [-0.05, 0) is 48.9 Å². The van der Waals surface area contributed by atoms with Crippen LogP contribution in [0.3, 0.4) is 0 Å². The van der Waals surface area contributed by atoms with Crippen molar-refractivity contribution in [3.63, 3.8) is 0 Å². The molecule has 1 aliphatic heterocycles. The predicted molar refractivity (Wildman–Crippen MR) is 142 cm³/mol. The van der Waals surface area contributed by atoms with Crippen molar-refractivity contribution in [2.75, 3.05) is 30.4 Å². The van der Waals surface area contributed by atoms with E-state index in [0.717, 1.165) is 29.1 Å². The Hall–Kier alpha value is -3.97. The minimum atomic E-state index is -0.946. The smallest absolute Gasteiger partial charge is 0.307 e. The van der Waals surface area contributed by atoms with Crippen molar-refractivity contribution in [2.24, 2.45) is 0 Å². The molecule has 0 aliphatic carbocycles. The first-order valence-electron chi connectivity index (χ1n) is 11.7. The molecule has 0 spiro atoms. The number of nitrogens with zero attached hydrogens (tertiary/aromatic N) is 2. The molecule has 0 unspecified atom stereocenters. The quantitative estimate of drug-likeness (QED) is 0.375. The molecule has 7 nitrogen and oxygen atoms in total. The first-order valence-corrected chi connectivity index (χ1v) is 12.1. The summed E-state index contributed by atoms with van der Waals surface area (Å²) in [7, 11) is 2.04. The molecule has 0 saturated heterocycles. The number of hydrogen-bond acceptors (Lipinski definition) is 5. The summed E-state index contributed by atoms with van der Waals surface area (Å²) in [6.07, 6.45) is -0.210. The second-order valence-corrected chi connectivity index (χ2v) is 9.36. The fraction of sp³-hybridized carbons (Fsp3) is 0.214. The number of hydrogen-bond donors (Lipinski definition) is 2. The third-order valence-electron chi connectivity index (χ3n) is 6.55. The number of rotatable bonds is 6. The van der Waals surface area contributed by atoms with E-state index in [4.69, 9.17) is 16.3 Å². The van der Waals surface area contributed by atoms with Gasteiger partial charge in [-0.2, -0.15) is 0 Å². The van der Waals surface area contributed by atoms with Crippen LogP contribution in [0.25, 0.3) is 10.9 Å². The highest BCUT2D eigenvalue weighted by molar-refractivity contribution is 6.34. The number of carboxylic acids is 1. The van der Waals surface area contributed by atoms with E-state index in [1.165, 1.54) is 0 Å². The molecule has 2 N–H and O–H groups in total. The molecular formula is C28H26ClN3O4. The Morgan fingerprint density at radius 2 is 1.86 bits per heavy atom.